The van der Waals surface area contributed by atoms with Crippen LogP contribution >= 0.6 is 23.2 Å². The van der Waals surface area contributed by atoms with Crippen LogP contribution in [0.15, 0.2) is 71.6 Å². The molecule has 0 atom stereocenters. The monoisotopic (exact) mass is 462 g/mol. The lowest BCUT2D eigenvalue weighted by molar-refractivity contribution is 0.0951. The second-order valence-corrected chi connectivity index (χ2v) is 9.53. The first kappa shape index (κ1) is 22.2. The summed E-state index contributed by atoms with van der Waals surface area (Å²) in [6.45, 7) is 2.06. The van der Waals surface area contributed by atoms with Gasteiger partial charge in [-0.05, 0) is 48.9 Å². The topological polar surface area (TPSA) is 66.5 Å². The van der Waals surface area contributed by atoms with E-state index in [1.54, 1.807) is 66.7 Å². The molecule has 0 aromatic heterocycles. The fourth-order valence-corrected chi connectivity index (χ4v) is 4.56. The Hall–Kier alpha value is -2.54. The number of carbonyl (C=O) groups excluding carboxylic acids is 1. The molecule has 0 bridgehead atoms. The molecule has 0 aliphatic heterocycles. The normalized spacial score (nSPS) is 11.2. The van der Waals surface area contributed by atoms with Crippen LogP contribution < -0.4 is 9.62 Å². The number of para-hydroxylation sites is 1. The third-order valence-electron chi connectivity index (χ3n) is 4.62. The summed E-state index contributed by atoms with van der Waals surface area (Å²) in [5.74, 6) is -0.414. The van der Waals surface area contributed by atoms with Crippen molar-refractivity contribution in [3.8, 4) is 0 Å². The van der Waals surface area contributed by atoms with Crippen molar-refractivity contribution >= 4 is 44.8 Å². The number of nitrogens with zero attached hydrogens (tertiary/aromatic N) is 1. The average molecular weight is 463 g/mol. The number of nitrogens with one attached hydrogen (secondary N) is 1. The summed E-state index contributed by atoms with van der Waals surface area (Å²) in [4.78, 5) is 13.0. The van der Waals surface area contributed by atoms with Gasteiger partial charge in [0.15, 0.2) is 0 Å². The Morgan fingerprint density at radius 2 is 1.67 bits per heavy atom. The van der Waals surface area contributed by atoms with Gasteiger partial charge in [-0.25, -0.2) is 8.42 Å². The lowest BCUT2D eigenvalue weighted by Gasteiger charge is -2.22. The number of amides is 1. The Kier molecular flexibility index (Phi) is 6.71. The van der Waals surface area contributed by atoms with E-state index in [-0.39, 0.29) is 22.7 Å². The van der Waals surface area contributed by atoms with Crippen LogP contribution in [-0.2, 0) is 16.6 Å². The summed E-state index contributed by atoms with van der Waals surface area (Å²) in [5.41, 5.74) is 2.17. The first-order valence-corrected chi connectivity index (χ1v) is 11.3. The highest BCUT2D eigenvalue weighted by Gasteiger charge is 2.25. The number of hydrogen-bond acceptors (Lipinski definition) is 3. The first-order chi connectivity index (χ1) is 14.2. The second-order valence-electron chi connectivity index (χ2n) is 6.72. The first-order valence-electron chi connectivity index (χ1n) is 9.07. The lowest BCUT2D eigenvalue weighted by Crippen LogP contribution is -2.30. The van der Waals surface area contributed by atoms with Gasteiger partial charge < -0.3 is 5.32 Å². The van der Waals surface area contributed by atoms with Gasteiger partial charge in [0.25, 0.3) is 15.9 Å². The molecule has 30 heavy (non-hydrogen) atoms. The molecule has 3 rings (SSSR count). The van der Waals surface area contributed by atoms with Crippen LogP contribution in [0.3, 0.4) is 0 Å². The quantitative estimate of drug-likeness (QED) is 0.556. The molecule has 0 aliphatic rings. The summed E-state index contributed by atoms with van der Waals surface area (Å²) >= 11 is 12.1. The zero-order valence-electron chi connectivity index (χ0n) is 16.4. The fraction of sp³-hybridized carbons (Fsp3) is 0.136. The van der Waals surface area contributed by atoms with E-state index in [1.807, 2.05) is 6.92 Å². The molecule has 3 aromatic carbocycles. The van der Waals surface area contributed by atoms with Crippen molar-refractivity contribution in [1.29, 1.82) is 0 Å². The fourth-order valence-electron chi connectivity index (χ4n) is 2.87. The van der Waals surface area contributed by atoms with Gasteiger partial charge in [-0.2, -0.15) is 0 Å². The van der Waals surface area contributed by atoms with Crippen molar-refractivity contribution in [2.45, 2.75) is 18.4 Å². The molecule has 1 amide bonds. The number of hydrogen-bond donors (Lipinski definition) is 1. The molecule has 0 radical (unpaired) electrons. The van der Waals surface area contributed by atoms with E-state index in [4.69, 9.17) is 23.2 Å². The van der Waals surface area contributed by atoms with Crippen LogP contribution in [0, 0.1) is 6.92 Å². The van der Waals surface area contributed by atoms with Gasteiger partial charge in [0.1, 0.15) is 0 Å². The molecular formula is C22H20Cl2N2O3S. The summed E-state index contributed by atoms with van der Waals surface area (Å²) in [5, 5.41) is 3.72. The third kappa shape index (κ3) is 4.78. The Balaban J connectivity index is 1.86. The van der Waals surface area contributed by atoms with Crippen LogP contribution in [-0.4, -0.2) is 21.4 Å². The third-order valence-corrected chi connectivity index (χ3v) is 6.99. The Bertz CT molecular complexity index is 1180. The minimum atomic E-state index is -3.83. The predicted octanol–water partition coefficient (Wildman–Crippen LogP) is 5.06. The molecule has 1 N–H and O–H groups in total. The second kappa shape index (κ2) is 9.08. The van der Waals surface area contributed by atoms with Gasteiger partial charge in [-0.15, -0.1) is 0 Å². The summed E-state index contributed by atoms with van der Waals surface area (Å²) in [6, 6.07) is 18.1. The van der Waals surface area contributed by atoms with Crippen molar-refractivity contribution < 1.29 is 13.2 Å². The van der Waals surface area contributed by atoms with E-state index < -0.39 is 15.9 Å². The Morgan fingerprint density at radius 1 is 1.00 bits per heavy atom. The summed E-state index contributed by atoms with van der Waals surface area (Å²) in [6.07, 6.45) is 0. The average Bonchev–Trinajstić information content (AvgIpc) is 2.72. The van der Waals surface area contributed by atoms with Crippen molar-refractivity contribution in [3.63, 3.8) is 0 Å². The summed E-state index contributed by atoms with van der Waals surface area (Å²) < 4.78 is 27.2. The van der Waals surface area contributed by atoms with Gasteiger partial charge in [0.05, 0.1) is 16.1 Å². The van der Waals surface area contributed by atoms with Crippen molar-refractivity contribution in [2.75, 3.05) is 11.4 Å². The van der Waals surface area contributed by atoms with Crippen molar-refractivity contribution in [1.82, 2.24) is 5.32 Å². The highest BCUT2D eigenvalue weighted by atomic mass is 35.5. The van der Waals surface area contributed by atoms with Gasteiger partial charge >= 0.3 is 0 Å². The number of halogens is 2. The number of benzene rings is 3. The minimum absolute atomic E-state index is 0.152. The molecular weight excluding hydrogens is 443 g/mol. The van der Waals surface area contributed by atoms with Crippen LogP contribution in [0.25, 0.3) is 0 Å². The van der Waals surface area contributed by atoms with Gasteiger partial charge in [-0.3, -0.25) is 9.10 Å². The zero-order valence-corrected chi connectivity index (χ0v) is 18.7. The van der Waals surface area contributed by atoms with Crippen molar-refractivity contribution in [3.05, 3.63) is 93.5 Å². The van der Waals surface area contributed by atoms with Gasteiger partial charge in [-0.1, -0.05) is 59.1 Å². The number of anilines is 1. The van der Waals surface area contributed by atoms with Crippen LogP contribution in [0.1, 0.15) is 21.5 Å². The van der Waals surface area contributed by atoms with E-state index in [0.29, 0.717) is 15.6 Å². The van der Waals surface area contributed by atoms with E-state index in [9.17, 15) is 13.2 Å². The SMILES string of the molecule is Cc1ccc(S(=O)(=O)N(C)c2ccccc2C(=O)NCc2ccc(Cl)cc2Cl)cc1. The molecule has 0 spiro atoms. The number of rotatable bonds is 6. The smallest absolute Gasteiger partial charge is 0.264 e. The molecule has 8 heteroatoms. The number of sulfonamides is 1. The van der Waals surface area contributed by atoms with Gasteiger partial charge in [0, 0.05) is 23.6 Å². The van der Waals surface area contributed by atoms with Crippen LogP contribution in [0.2, 0.25) is 10.0 Å². The Morgan fingerprint density at radius 3 is 2.33 bits per heavy atom. The molecule has 0 saturated heterocycles. The van der Waals surface area contributed by atoms with E-state index >= 15 is 0 Å². The van der Waals surface area contributed by atoms with E-state index in [2.05, 4.69) is 5.32 Å². The predicted molar refractivity (Wildman–Crippen MR) is 121 cm³/mol. The molecule has 0 heterocycles. The van der Waals surface area contributed by atoms with E-state index in [1.165, 1.54) is 7.05 Å². The minimum Gasteiger partial charge on any atom is -0.348 e. The molecule has 3 aromatic rings. The highest BCUT2D eigenvalue weighted by Crippen LogP contribution is 2.26. The van der Waals surface area contributed by atoms with Gasteiger partial charge in [0.2, 0.25) is 0 Å². The maximum absolute atomic E-state index is 13.0. The maximum atomic E-state index is 13.0. The van der Waals surface area contributed by atoms with Crippen molar-refractivity contribution in [2.24, 2.45) is 0 Å². The standard InChI is InChI=1S/C22H20Cl2N2O3S/c1-15-7-11-18(12-8-15)30(28,29)26(2)21-6-4-3-5-19(21)22(27)25-14-16-9-10-17(23)13-20(16)24/h3-13H,14H2,1-2H3,(H,25,27). The summed E-state index contributed by atoms with van der Waals surface area (Å²) in [7, 11) is -2.40. The largest absolute Gasteiger partial charge is 0.348 e. The Labute approximate surface area is 186 Å². The molecule has 156 valence electrons. The molecule has 0 fully saturated rings. The molecule has 0 aliphatic carbocycles. The maximum Gasteiger partial charge on any atom is 0.264 e. The van der Waals surface area contributed by atoms with E-state index in [0.717, 1.165) is 9.87 Å². The number of aryl methyl sites for hydroxylation is 1. The van der Waals surface area contributed by atoms with Crippen LogP contribution in [0.5, 0.6) is 0 Å². The highest BCUT2D eigenvalue weighted by molar-refractivity contribution is 7.92. The molecule has 0 saturated carbocycles. The molecule has 5 nitrogen and oxygen atoms in total. The zero-order chi connectivity index (χ0) is 21.9. The lowest BCUT2D eigenvalue weighted by atomic mass is 10.1. The van der Waals surface area contributed by atoms with Crippen LogP contribution in [0.4, 0.5) is 5.69 Å². The molecule has 0 unspecified atom stereocenters. The number of carbonyl (C=O) groups is 1.